The number of ether oxygens (including phenoxy) is 1. The zero-order valence-electron chi connectivity index (χ0n) is 12.2. The molecule has 1 aliphatic heterocycles. The van der Waals surface area contributed by atoms with Gasteiger partial charge in [0, 0.05) is 24.1 Å². The second-order valence-corrected chi connectivity index (χ2v) is 6.35. The van der Waals surface area contributed by atoms with Crippen molar-refractivity contribution in [3.8, 4) is 5.75 Å². The van der Waals surface area contributed by atoms with Crippen LogP contribution in [0, 0.1) is 17.8 Å². The Morgan fingerprint density at radius 1 is 1.25 bits per heavy atom. The monoisotopic (exact) mass is 275 g/mol. The number of aliphatic hydroxyl groups excluding tert-OH is 1. The molecule has 0 bridgehead atoms. The first-order chi connectivity index (χ1) is 9.79. The first-order valence-corrected chi connectivity index (χ1v) is 7.85. The second-order valence-electron chi connectivity index (χ2n) is 6.35. The maximum atomic E-state index is 9.44. The Morgan fingerprint density at radius 2 is 2.05 bits per heavy atom. The van der Waals surface area contributed by atoms with Crippen molar-refractivity contribution >= 4 is 0 Å². The predicted octanol–water partition coefficient (Wildman–Crippen LogP) is 2.75. The fraction of sp³-hybridized carbons (Fsp3) is 0.647. The smallest absolute Gasteiger partial charge is 0.124 e. The zero-order chi connectivity index (χ0) is 13.9. The van der Waals surface area contributed by atoms with Crippen molar-refractivity contribution in [1.82, 2.24) is 5.32 Å². The number of rotatable bonds is 4. The quantitative estimate of drug-likeness (QED) is 0.888. The average molecular weight is 275 g/mol. The van der Waals surface area contributed by atoms with E-state index in [9.17, 15) is 5.11 Å². The van der Waals surface area contributed by atoms with Gasteiger partial charge in [-0.3, -0.25) is 0 Å². The summed E-state index contributed by atoms with van der Waals surface area (Å²) in [4.78, 5) is 0. The molecule has 2 N–H and O–H groups in total. The molecule has 0 aromatic heterocycles. The molecule has 1 aliphatic carbocycles. The van der Waals surface area contributed by atoms with Crippen molar-refractivity contribution in [2.45, 2.75) is 32.2 Å². The van der Waals surface area contributed by atoms with E-state index in [0.29, 0.717) is 30.4 Å². The maximum absolute atomic E-state index is 9.44. The Morgan fingerprint density at radius 3 is 2.90 bits per heavy atom. The average Bonchev–Trinajstić information content (AvgIpc) is 2.94. The third-order valence-electron chi connectivity index (χ3n) is 4.98. The summed E-state index contributed by atoms with van der Waals surface area (Å²) >= 11 is 0. The standard InChI is InChI=1S/C17H25NO2/c1-12-11-20-16-8-3-2-7-15(16)17(12)18-9-13-5-4-6-14(13)10-19/h2-3,7-8,12-14,17-19H,4-6,9-11H2,1H3. The van der Waals surface area contributed by atoms with Crippen molar-refractivity contribution in [1.29, 1.82) is 0 Å². The lowest BCUT2D eigenvalue weighted by atomic mass is 9.90. The summed E-state index contributed by atoms with van der Waals surface area (Å²) in [6, 6.07) is 8.72. The fourth-order valence-corrected chi connectivity index (χ4v) is 3.71. The largest absolute Gasteiger partial charge is 0.493 e. The molecule has 0 saturated heterocycles. The Bertz CT molecular complexity index is 448. The summed E-state index contributed by atoms with van der Waals surface area (Å²) in [6.07, 6.45) is 3.69. The van der Waals surface area contributed by atoms with Crippen molar-refractivity contribution in [3.05, 3.63) is 29.8 Å². The molecule has 2 aliphatic rings. The molecule has 1 aromatic carbocycles. The number of aliphatic hydroxyl groups is 1. The Kier molecular flexibility index (Phi) is 4.27. The summed E-state index contributed by atoms with van der Waals surface area (Å²) in [5.41, 5.74) is 1.28. The zero-order valence-corrected chi connectivity index (χ0v) is 12.2. The van der Waals surface area contributed by atoms with Crippen molar-refractivity contribution < 1.29 is 9.84 Å². The van der Waals surface area contributed by atoms with Gasteiger partial charge >= 0.3 is 0 Å². The van der Waals surface area contributed by atoms with Crippen LogP contribution in [0.1, 0.15) is 37.8 Å². The molecule has 4 unspecified atom stereocenters. The van der Waals surface area contributed by atoms with Crippen LogP contribution in [0.3, 0.4) is 0 Å². The van der Waals surface area contributed by atoms with E-state index in [1.807, 2.05) is 6.07 Å². The molecule has 4 atom stereocenters. The highest BCUT2D eigenvalue weighted by Gasteiger charge is 2.31. The minimum Gasteiger partial charge on any atom is -0.493 e. The Labute approximate surface area is 121 Å². The first-order valence-electron chi connectivity index (χ1n) is 7.85. The van der Waals surface area contributed by atoms with Crippen LogP contribution in [-0.2, 0) is 0 Å². The molecule has 3 heteroatoms. The van der Waals surface area contributed by atoms with E-state index in [4.69, 9.17) is 4.74 Å². The van der Waals surface area contributed by atoms with Crippen molar-refractivity contribution in [2.75, 3.05) is 19.8 Å². The molecule has 20 heavy (non-hydrogen) atoms. The van der Waals surface area contributed by atoms with Crippen LogP contribution in [-0.4, -0.2) is 24.9 Å². The van der Waals surface area contributed by atoms with Crippen LogP contribution < -0.4 is 10.1 Å². The van der Waals surface area contributed by atoms with Crippen LogP contribution in [0.2, 0.25) is 0 Å². The molecule has 0 radical (unpaired) electrons. The highest BCUT2D eigenvalue weighted by atomic mass is 16.5. The van der Waals surface area contributed by atoms with Crippen LogP contribution in [0.15, 0.2) is 24.3 Å². The Balaban J connectivity index is 1.67. The van der Waals surface area contributed by atoms with Gasteiger partial charge in [0.05, 0.1) is 6.61 Å². The predicted molar refractivity (Wildman–Crippen MR) is 79.8 cm³/mol. The SMILES string of the molecule is CC1COc2ccccc2C1NCC1CCCC1CO. The van der Waals surface area contributed by atoms with Gasteiger partial charge in [-0.05, 0) is 37.3 Å². The van der Waals surface area contributed by atoms with Gasteiger partial charge in [0.1, 0.15) is 5.75 Å². The fourth-order valence-electron chi connectivity index (χ4n) is 3.71. The van der Waals surface area contributed by atoms with Gasteiger partial charge in [0.15, 0.2) is 0 Å². The van der Waals surface area contributed by atoms with Gasteiger partial charge < -0.3 is 15.2 Å². The van der Waals surface area contributed by atoms with E-state index in [2.05, 4.69) is 30.4 Å². The number of benzene rings is 1. The molecule has 0 amide bonds. The van der Waals surface area contributed by atoms with Gasteiger partial charge in [-0.1, -0.05) is 31.5 Å². The number of fused-ring (bicyclic) bond motifs is 1. The van der Waals surface area contributed by atoms with Crippen molar-refractivity contribution in [3.63, 3.8) is 0 Å². The molecule has 1 fully saturated rings. The summed E-state index contributed by atoms with van der Waals surface area (Å²) in [7, 11) is 0. The lowest BCUT2D eigenvalue weighted by Gasteiger charge is -2.33. The third kappa shape index (κ3) is 2.70. The maximum Gasteiger partial charge on any atom is 0.124 e. The van der Waals surface area contributed by atoms with E-state index in [1.165, 1.54) is 24.8 Å². The van der Waals surface area contributed by atoms with Crippen LogP contribution in [0.5, 0.6) is 5.75 Å². The molecule has 3 rings (SSSR count). The number of nitrogens with one attached hydrogen (secondary N) is 1. The van der Waals surface area contributed by atoms with Crippen LogP contribution in [0.25, 0.3) is 0 Å². The van der Waals surface area contributed by atoms with Crippen molar-refractivity contribution in [2.24, 2.45) is 17.8 Å². The number of hydrogen-bond donors (Lipinski definition) is 2. The van der Waals surface area contributed by atoms with Crippen LogP contribution in [0.4, 0.5) is 0 Å². The summed E-state index contributed by atoms with van der Waals surface area (Å²) in [5.74, 6) is 2.63. The van der Waals surface area contributed by atoms with Gasteiger partial charge in [0.2, 0.25) is 0 Å². The third-order valence-corrected chi connectivity index (χ3v) is 4.98. The van der Waals surface area contributed by atoms with Gasteiger partial charge in [-0.15, -0.1) is 0 Å². The highest BCUT2D eigenvalue weighted by molar-refractivity contribution is 5.37. The summed E-state index contributed by atoms with van der Waals surface area (Å²) < 4.78 is 5.80. The van der Waals surface area contributed by atoms with E-state index < -0.39 is 0 Å². The van der Waals surface area contributed by atoms with E-state index in [-0.39, 0.29) is 0 Å². The topological polar surface area (TPSA) is 41.5 Å². The molecule has 0 spiro atoms. The minimum atomic E-state index is 0.340. The number of para-hydroxylation sites is 1. The molecule has 1 aromatic rings. The first kappa shape index (κ1) is 13.9. The molecule has 3 nitrogen and oxygen atoms in total. The van der Waals surface area contributed by atoms with E-state index in [1.54, 1.807) is 0 Å². The van der Waals surface area contributed by atoms with Gasteiger partial charge in [-0.2, -0.15) is 0 Å². The lowest BCUT2D eigenvalue weighted by Crippen LogP contribution is -2.37. The Hall–Kier alpha value is -1.06. The summed E-state index contributed by atoms with van der Waals surface area (Å²) in [6.45, 7) is 4.37. The number of hydrogen-bond acceptors (Lipinski definition) is 3. The normalized spacial score (nSPS) is 32.7. The van der Waals surface area contributed by atoms with Crippen LogP contribution >= 0.6 is 0 Å². The second kappa shape index (κ2) is 6.15. The van der Waals surface area contributed by atoms with E-state index in [0.717, 1.165) is 18.9 Å². The molecule has 1 saturated carbocycles. The van der Waals surface area contributed by atoms with E-state index >= 15 is 0 Å². The summed E-state index contributed by atoms with van der Waals surface area (Å²) in [5, 5.41) is 13.2. The molecular weight excluding hydrogens is 250 g/mol. The molecule has 1 heterocycles. The van der Waals surface area contributed by atoms with Gasteiger partial charge in [0.25, 0.3) is 0 Å². The molecule has 110 valence electrons. The minimum absolute atomic E-state index is 0.340. The highest BCUT2D eigenvalue weighted by Crippen LogP contribution is 2.36. The van der Waals surface area contributed by atoms with Gasteiger partial charge in [-0.25, -0.2) is 0 Å². The molecular formula is C17H25NO2. The lowest BCUT2D eigenvalue weighted by molar-refractivity contribution is 0.166.